The van der Waals surface area contributed by atoms with Gasteiger partial charge in [-0.2, -0.15) is 0 Å². The third-order valence-electron chi connectivity index (χ3n) is 2.56. The Morgan fingerprint density at radius 3 is 2.57 bits per heavy atom. The number of esters is 2. The van der Waals surface area contributed by atoms with E-state index < -0.39 is 5.97 Å². The summed E-state index contributed by atoms with van der Waals surface area (Å²) in [5.41, 5.74) is 0.735. The number of rotatable bonds is 6. The molecule has 0 spiro atoms. The molecule has 1 aromatic carbocycles. The molecular formula is C15H18O6. The summed E-state index contributed by atoms with van der Waals surface area (Å²) in [6, 6.07) is 4.82. The van der Waals surface area contributed by atoms with Crippen LogP contribution in [0.1, 0.15) is 18.9 Å². The van der Waals surface area contributed by atoms with Gasteiger partial charge in [-0.15, -0.1) is 0 Å². The molecule has 1 rings (SSSR count). The van der Waals surface area contributed by atoms with E-state index in [1.54, 1.807) is 26.0 Å². The van der Waals surface area contributed by atoms with Crippen LogP contribution in [0.25, 0.3) is 0 Å². The van der Waals surface area contributed by atoms with E-state index in [-0.39, 0.29) is 24.8 Å². The number of hydrogen-bond acceptors (Lipinski definition) is 6. The molecular weight excluding hydrogens is 276 g/mol. The van der Waals surface area contributed by atoms with Gasteiger partial charge in [-0.3, -0.25) is 4.79 Å². The number of aliphatic hydroxyl groups is 1. The Morgan fingerprint density at radius 2 is 2.00 bits per heavy atom. The lowest BCUT2D eigenvalue weighted by Gasteiger charge is -2.12. The van der Waals surface area contributed by atoms with E-state index in [0.717, 1.165) is 5.56 Å². The predicted molar refractivity (Wildman–Crippen MR) is 74.9 cm³/mol. The summed E-state index contributed by atoms with van der Waals surface area (Å²) >= 11 is 0. The van der Waals surface area contributed by atoms with Gasteiger partial charge in [0.25, 0.3) is 0 Å². The Morgan fingerprint density at radius 1 is 1.29 bits per heavy atom. The van der Waals surface area contributed by atoms with E-state index in [0.29, 0.717) is 11.5 Å². The predicted octanol–water partition coefficient (Wildman–Crippen LogP) is 1.74. The van der Waals surface area contributed by atoms with Crippen LogP contribution in [0, 0.1) is 6.92 Å². The lowest BCUT2D eigenvalue weighted by molar-refractivity contribution is -0.138. The summed E-state index contributed by atoms with van der Waals surface area (Å²) in [5, 5.41) is 8.90. The molecule has 1 aromatic rings. The van der Waals surface area contributed by atoms with Gasteiger partial charge >= 0.3 is 11.9 Å². The topological polar surface area (TPSA) is 82.1 Å². The molecule has 21 heavy (non-hydrogen) atoms. The van der Waals surface area contributed by atoms with Crippen molar-refractivity contribution in [2.45, 2.75) is 20.3 Å². The van der Waals surface area contributed by atoms with E-state index in [9.17, 15) is 9.59 Å². The van der Waals surface area contributed by atoms with Gasteiger partial charge in [-0.05, 0) is 24.6 Å². The lowest BCUT2D eigenvalue weighted by Crippen LogP contribution is -2.12. The first-order valence-electron chi connectivity index (χ1n) is 6.40. The van der Waals surface area contributed by atoms with Crippen molar-refractivity contribution < 1.29 is 28.9 Å². The fourth-order valence-corrected chi connectivity index (χ4v) is 1.43. The van der Waals surface area contributed by atoms with Gasteiger partial charge in [-0.1, -0.05) is 13.0 Å². The number of carbonyl (C=O) groups is 2. The number of aryl methyl sites for hydroxylation is 1. The monoisotopic (exact) mass is 294 g/mol. The Hall–Kier alpha value is -2.34. The largest absolute Gasteiger partial charge is 0.463 e. The number of hydrogen-bond donors (Lipinski definition) is 1. The van der Waals surface area contributed by atoms with E-state index >= 15 is 0 Å². The average Bonchev–Trinajstić information content (AvgIpc) is 2.49. The van der Waals surface area contributed by atoms with E-state index in [4.69, 9.17) is 14.6 Å². The second-order valence-corrected chi connectivity index (χ2v) is 4.10. The van der Waals surface area contributed by atoms with E-state index in [1.807, 2.05) is 0 Å². The van der Waals surface area contributed by atoms with Gasteiger partial charge in [0.05, 0.1) is 13.7 Å². The van der Waals surface area contributed by atoms with Gasteiger partial charge < -0.3 is 19.3 Å². The van der Waals surface area contributed by atoms with Crippen molar-refractivity contribution in [2.75, 3.05) is 13.7 Å². The van der Waals surface area contributed by atoms with Crippen molar-refractivity contribution in [2.24, 2.45) is 0 Å². The molecule has 0 saturated heterocycles. The van der Waals surface area contributed by atoms with Crippen LogP contribution in [0.5, 0.6) is 11.5 Å². The summed E-state index contributed by atoms with van der Waals surface area (Å²) in [6.07, 6.45) is 1.44. The van der Waals surface area contributed by atoms with Gasteiger partial charge in [0.2, 0.25) is 5.76 Å². The summed E-state index contributed by atoms with van der Waals surface area (Å²) in [6.45, 7) is 3.09. The van der Waals surface area contributed by atoms with Crippen LogP contribution in [-0.2, 0) is 14.3 Å². The number of ether oxygens (including phenoxy) is 3. The zero-order chi connectivity index (χ0) is 15.8. The van der Waals surface area contributed by atoms with Gasteiger partial charge in [0, 0.05) is 12.5 Å². The van der Waals surface area contributed by atoms with E-state index in [2.05, 4.69) is 4.74 Å². The summed E-state index contributed by atoms with van der Waals surface area (Å²) in [5.74, 6) is -0.567. The third-order valence-corrected chi connectivity index (χ3v) is 2.56. The average molecular weight is 294 g/mol. The first-order chi connectivity index (χ1) is 10.0. The molecule has 0 aliphatic heterocycles. The molecule has 0 fully saturated rings. The van der Waals surface area contributed by atoms with Crippen molar-refractivity contribution in [3.63, 3.8) is 0 Å². The number of aliphatic hydroxyl groups excluding tert-OH is 1. The highest BCUT2D eigenvalue weighted by atomic mass is 16.6. The number of carbonyl (C=O) groups excluding carboxylic acids is 2. The summed E-state index contributed by atoms with van der Waals surface area (Å²) < 4.78 is 15.1. The van der Waals surface area contributed by atoms with Crippen LogP contribution in [0.2, 0.25) is 0 Å². The maximum Gasteiger partial charge on any atom is 0.373 e. The molecule has 0 heterocycles. The first-order valence-corrected chi connectivity index (χ1v) is 6.40. The van der Waals surface area contributed by atoms with Crippen LogP contribution in [-0.4, -0.2) is 30.8 Å². The van der Waals surface area contributed by atoms with Crippen molar-refractivity contribution in [3.05, 3.63) is 35.6 Å². The minimum atomic E-state index is -0.709. The molecule has 0 atom stereocenters. The molecule has 0 aromatic heterocycles. The normalized spacial score (nSPS) is 11.0. The van der Waals surface area contributed by atoms with Gasteiger partial charge in [-0.25, -0.2) is 4.79 Å². The second kappa shape index (κ2) is 8.06. The molecule has 0 radical (unpaired) electrons. The summed E-state index contributed by atoms with van der Waals surface area (Å²) in [7, 11) is 1.21. The molecule has 0 aliphatic rings. The zero-order valence-corrected chi connectivity index (χ0v) is 12.2. The Bertz CT molecular complexity index is 547. The lowest BCUT2D eigenvalue weighted by atomic mass is 10.2. The maximum atomic E-state index is 11.5. The molecule has 6 heteroatoms. The Labute approximate surface area is 122 Å². The minimum absolute atomic E-state index is 0.137. The molecule has 0 amide bonds. The van der Waals surface area contributed by atoms with E-state index in [1.165, 1.54) is 19.3 Å². The maximum absolute atomic E-state index is 11.5. The third kappa shape index (κ3) is 4.92. The van der Waals surface area contributed by atoms with Crippen molar-refractivity contribution >= 4 is 11.9 Å². The Balaban J connectivity index is 3.00. The standard InChI is InChI=1S/C15H18O6/c1-4-14(17)20-11-6-5-10(2)13(9-11)21-12(7-8-16)15(18)19-3/h5-7,9,16H,4,8H2,1-3H3/b12-7-. The second-order valence-electron chi connectivity index (χ2n) is 4.10. The van der Waals surface area contributed by atoms with Crippen LogP contribution in [0.4, 0.5) is 0 Å². The van der Waals surface area contributed by atoms with Gasteiger partial charge in [0.15, 0.2) is 0 Å². The SMILES string of the molecule is CCC(=O)Oc1ccc(C)c(O/C(=C\CO)C(=O)OC)c1. The quantitative estimate of drug-likeness (QED) is 0.372. The molecule has 0 bridgehead atoms. The smallest absolute Gasteiger partial charge is 0.373 e. The zero-order valence-electron chi connectivity index (χ0n) is 12.2. The molecule has 1 N–H and O–H groups in total. The molecule has 0 saturated carbocycles. The highest BCUT2D eigenvalue weighted by molar-refractivity contribution is 5.86. The van der Waals surface area contributed by atoms with Crippen LogP contribution in [0.3, 0.4) is 0 Å². The number of benzene rings is 1. The number of methoxy groups -OCH3 is 1. The van der Waals surface area contributed by atoms with Crippen molar-refractivity contribution in [1.82, 2.24) is 0 Å². The molecule has 0 unspecified atom stereocenters. The molecule has 114 valence electrons. The van der Waals surface area contributed by atoms with Gasteiger partial charge in [0.1, 0.15) is 11.5 Å². The highest BCUT2D eigenvalue weighted by Gasteiger charge is 2.14. The fourth-order valence-electron chi connectivity index (χ4n) is 1.43. The van der Waals surface area contributed by atoms with Crippen molar-refractivity contribution in [1.29, 1.82) is 0 Å². The van der Waals surface area contributed by atoms with Crippen LogP contribution < -0.4 is 9.47 Å². The van der Waals surface area contributed by atoms with Crippen molar-refractivity contribution in [3.8, 4) is 11.5 Å². The fraction of sp³-hybridized carbons (Fsp3) is 0.333. The minimum Gasteiger partial charge on any atom is -0.463 e. The highest BCUT2D eigenvalue weighted by Crippen LogP contribution is 2.26. The molecule has 0 aliphatic carbocycles. The van der Waals surface area contributed by atoms with Crippen LogP contribution >= 0.6 is 0 Å². The van der Waals surface area contributed by atoms with Crippen LogP contribution in [0.15, 0.2) is 30.0 Å². The summed E-state index contributed by atoms with van der Waals surface area (Å²) in [4.78, 5) is 22.8. The molecule has 6 nitrogen and oxygen atoms in total. The Kier molecular flexibility index (Phi) is 6.42. The first kappa shape index (κ1) is 16.7.